The number of halogens is 1. The van der Waals surface area contributed by atoms with E-state index in [0.29, 0.717) is 57.1 Å². The van der Waals surface area contributed by atoms with Gasteiger partial charge in [0.1, 0.15) is 16.9 Å². The van der Waals surface area contributed by atoms with E-state index in [-0.39, 0.29) is 17.0 Å². The van der Waals surface area contributed by atoms with Gasteiger partial charge in [-0.2, -0.15) is 10.4 Å². The van der Waals surface area contributed by atoms with Crippen molar-refractivity contribution in [2.24, 2.45) is 0 Å². The highest BCUT2D eigenvalue weighted by Crippen LogP contribution is 2.16. The first-order valence-corrected chi connectivity index (χ1v) is 10.3. The van der Waals surface area contributed by atoms with E-state index in [1.165, 1.54) is 6.20 Å². The molecular formula is C20H24ClN7O3. The summed E-state index contributed by atoms with van der Waals surface area (Å²) in [5, 5.41) is 17.9. The molecule has 1 atom stereocenters. The van der Waals surface area contributed by atoms with Crippen molar-refractivity contribution in [3.8, 4) is 6.07 Å². The number of ether oxygens (including phenoxy) is 1. The van der Waals surface area contributed by atoms with Crippen molar-refractivity contribution in [1.29, 1.82) is 5.26 Å². The molecule has 10 nitrogen and oxygen atoms in total. The molecule has 1 fully saturated rings. The molecule has 3 heterocycles. The molecule has 0 spiro atoms. The molecule has 1 aliphatic heterocycles. The number of pyridine rings is 1. The molecule has 0 bridgehead atoms. The zero-order chi connectivity index (χ0) is 22.2. The van der Waals surface area contributed by atoms with Crippen molar-refractivity contribution in [2.45, 2.75) is 19.4 Å². The lowest BCUT2D eigenvalue weighted by molar-refractivity contribution is -0.132. The van der Waals surface area contributed by atoms with Crippen LogP contribution in [0.1, 0.15) is 18.9 Å². The van der Waals surface area contributed by atoms with Crippen LogP contribution in [0.15, 0.2) is 29.3 Å². The van der Waals surface area contributed by atoms with E-state index in [0.717, 1.165) is 5.82 Å². The lowest BCUT2D eigenvalue weighted by Crippen LogP contribution is -2.49. The normalized spacial score (nSPS) is 14.7. The molecule has 3 rings (SSSR count). The maximum absolute atomic E-state index is 12.4. The smallest absolute Gasteiger partial charge is 0.285 e. The molecule has 0 saturated carbocycles. The number of aromatic amines is 1. The van der Waals surface area contributed by atoms with Crippen LogP contribution in [0.25, 0.3) is 0 Å². The number of H-pyrrole nitrogens is 1. The van der Waals surface area contributed by atoms with E-state index in [1.54, 1.807) is 12.3 Å². The van der Waals surface area contributed by atoms with Crippen molar-refractivity contribution in [3.05, 3.63) is 45.5 Å². The summed E-state index contributed by atoms with van der Waals surface area (Å²) in [6.07, 6.45) is 3.30. The van der Waals surface area contributed by atoms with E-state index in [2.05, 4.69) is 31.5 Å². The Morgan fingerprint density at radius 2 is 2.13 bits per heavy atom. The highest BCUT2D eigenvalue weighted by atomic mass is 35.5. The summed E-state index contributed by atoms with van der Waals surface area (Å²) in [7, 11) is 0. The van der Waals surface area contributed by atoms with E-state index in [4.69, 9.17) is 21.6 Å². The second kappa shape index (κ2) is 10.7. The Morgan fingerprint density at radius 1 is 1.35 bits per heavy atom. The quantitative estimate of drug-likeness (QED) is 0.581. The van der Waals surface area contributed by atoms with E-state index in [9.17, 15) is 9.59 Å². The van der Waals surface area contributed by atoms with Gasteiger partial charge in [-0.15, -0.1) is 0 Å². The average Bonchev–Trinajstić information content (AvgIpc) is 2.80. The van der Waals surface area contributed by atoms with Crippen molar-refractivity contribution in [1.82, 2.24) is 20.1 Å². The third-order valence-corrected chi connectivity index (χ3v) is 5.23. The first kappa shape index (κ1) is 22.5. The van der Waals surface area contributed by atoms with Gasteiger partial charge >= 0.3 is 0 Å². The molecule has 2 aromatic rings. The van der Waals surface area contributed by atoms with Gasteiger partial charge in [-0.3, -0.25) is 9.59 Å². The fourth-order valence-electron chi connectivity index (χ4n) is 3.19. The zero-order valence-electron chi connectivity index (χ0n) is 17.2. The van der Waals surface area contributed by atoms with Crippen LogP contribution in [-0.4, -0.2) is 71.4 Å². The minimum Gasteiger partial charge on any atom is -0.379 e. The van der Waals surface area contributed by atoms with Gasteiger partial charge in [0.2, 0.25) is 5.91 Å². The molecule has 11 heteroatoms. The third kappa shape index (κ3) is 6.16. The van der Waals surface area contributed by atoms with Gasteiger partial charge in [-0.25, -0.2) is 10.1 Å². The minimum absolute atomic E-state index is 0.0485. The standard InChI is InChI=1S/C20H24ClN7O3/c1-14(25-16-12-24-26-20(30)19(16)21)13-31-9-4-18(29)28-7-5-27(6-8-28)17-3-2-15(10-22)11-23-17/h2-3,11-12,14H,4-9,13H2,1H3,(H2,25,26,30). The fourth-order valence-corrected chi connectivity index (χ4v) is 3.34. The predicted molar refractivity (Wildman–Crippen MR) is 116 cm³/mol. The second-order valence-corrected chi connectivity index (χ2v) is 7.56. The van der Waals surface area contributed by atoms with Crippen molar-refractivity contribution in [2.75, 3.05) is 49.6 Å². The minimum atomic E-state index is -0.458. The SMILES string of the molecule is CC(COCCC(=O)N1CCN(c2ccc(C#N)cn2)CC1)Nc1cn[nH]c(=O)c1Cl. The Kier molecular flexibility index (Phi) is 7.81. The summed E-state index contributed by atoms with van der Waals surface area (Å²) < 4.78 is 5.61. The number of aromatic nitrogens is 3. The Bertz CT molecular complexity index is 982. The van der Waals surface area contributed by atoms with E-state index >= 15 is 0 Å². The fraction of sp³-hybridized carbons (Fsp3) is 0.450. The number of hydrogen-bond donors (Lipinski definition) is 2. The van der Waals surface area contributed by atoms with Crippen LogP contribution in [0.2, 0.25) is 5.02 Å². The number of nitrogens with one attached hydrogen (secondary N) is 2. The van der Waals surface area contributed by atoms with Crippen LogP contribution in [0.3, 0.4) is 0 Å². The van der Waals surface area contributed by atoms with E-state index < -0.39 is 5.56 Å². The molecule has 1 aliphatic rings. The predicted octanol–water partition coefficient (Wildman–Crippen LogP) is 1.25. The molecule has 0 radical (unpaired) electrons. The summed E-state index contributed by atoms with van der Waals surface area (Å²) in [6, 6.07) is 5.51. The topological polar surface area (TPSA) is 127 Å². The Hall–Kier alpha value is -3.16. The monoisotopic (exact) mass is 445 g/mol. The maximum atomic E-state index is 12.4. The van der Waals surface area contributed by atoms with Gasteiger partial charge < -0.3 is 19.9 Å². The molecule has 2 N–H and O–H groups in total. The first-order valence-electron chi connectivity index (χ1n) is 9.94. The molecule has 1 amide bonds. The summed E-state index contributed by atoms with van der Waals surface area (Å²) in [6.45, 7) is 5.17. The molecule has 0 aliphatic carbocycles. The Labute approximate surface area is 184 Å². The number of rotatable bonds is 8. The summed E-state index contributed by atoms with van der Waals surface area (Å²) in [5.41, 5.74) is 0.506. The number of nitriles is 1. The molecule has 0 aromatic carbocycles. The molecule has 2 aromatic heterocycles. The lowest BCUT2D eigenvalue weighted by atomic mass is 10.2. The largest absolute Gasteiger partial charge is 0.379 e. The molecular weight excluding hydrogens is 422 g/mol. The summed E-state index contributed by atoms with van der Waals surface area (Å²) in [5.74, 6) is 0.863. The number of hydrogen-bond acceptors (Lipinski definition) is 8. The van der Waals surface area contributed by atoms with Crippen LogP contribution < -0.4 is 15.8 Å². The van der Waals surface area contributed by atoms with Crippen LogP contribution in [-0.2, 0) is 9.53 Å². The van der Waals surface area contributed by atoms with Gasteiger partial charge in [0.25, 0.3) is 5.56 Å². The Morgan fingerprint density at radius 3 is 2.81 bits per heavy atom. The third-order valence-electron chi connectivity index (χ3n) is 4.86. The Balaban J connectivity index is 1.35. The number of nitrogens with zero attached hydrogens (tertiary/aromatic N) is 5. The van der Waals surface area contributed by atoms with Crippen LogP contribution in [0.5, 0.6) is 0 Å². The number of carbonyl (C=O) groups excluding carboxylic acids is 1. The number of piperazine rings is 1. The highest BCUT2D eigenvalue weighted by molar-refractivity contribution is 6.32. The van der Waals surface area contributed by atoms with Crippen molar-refractivity contribution < 1.29 is 9.53 Å². The number of amides is 1. The second-order valence-electron chi connectivity index (χ2n) is 7.18. The molecule has 164 valence electrons. The van der Waals surface area contributed by atoms with Gasteiger partial charge in [-0.05, 0) is 19.1 Å². The van der Waals surface area contributed by atoms with Crippen molar-refractivity contribution in [3.63, 3.8) is 0 Å². The summed E-state index contributed by atoms with van der Waals surface area (Å²) in [4.78, 5) is 32.1. The van der Waals surface area contributed by atoms with Gasteiger partial charge in [0.05, 0.1) is 37.1 Å². The van der Waals surface area contributed by atoms with Gasteiger partial charge in [0.15, 0.2) is 0 Å². The maximum Gasteiger partial charge on any atom is 0.285 e. The summed E-state index contributed by atoms with van der Waals surface area (Å²) >= 11 is 5.93. The van der Waals surface area contributed by atoms with Crippen LogP contribution in [0, 0.1) is 11.3 Å². The van der Waals surface area contributed by atoms with Crippen molar-refractivity contribution >= 4 is 29.0 Å². The lowest BCUT2D eigenvalue weighted by Gasteiger charge is -2.35. The molecule has 1 unspecified atom stereocenters. The number of carbonyl (C=O) groups is 1. The molecule has 1 saturated heterocycles. The average molecular weight is 446 g/mol. The molecule has 31 heavy (non-hydrogen) atoms. The number of anilines is 2. The van der Waals surface area contributed by atoms with Gasteiger partial charge in [-0.1, -0.05) is 11.6 Å². The van der Waals surface area contributed by atoms with Crippen LogP contribution in [0.4, 0.5) is 11.5 Å². The first-order chi connectivity index (χ1) is 15.0. The zero-order valence-corrected chi connectivity index (χ0v) is 17.9. The highest BCUT2D eigenvalue weighted by Gasteiger charge is 2.21. The van der Waals surface area contributed by atoms with Crippen LogP contribution >= 0.6 is 11.6 Å². The van der Waals surface area contributed by atoms with Gasteiger partial charge in [0, 0.05) is 38.4 Å². The van der Waals surface area contributed by atoms with E-state index in [1.807, 2.05) is 17.9 Å².